The van der Waals surface area contributed by atoms with Gasteiger partial charge in [0.15, 0.2) is 11.2 Å². The first-order valence-electron chi connectivity index (χ1n) is 14.2. The van der Waals surface area contributed by atoms with Crippen molar-refractivity contribution < 1.29 is 115 Å². The summed E-state index contributed by atoms with van der Waals surface area (Å²) in [6, 6.07) is 0. The van der Waals surface area contributed by atoms with E-state index in [4.69, 9.17) is 9.47 Å². The molecule has 0 aromatic carbocycles. The monoisotopic (exact) mass is 696 g/mol. The van der Waals surface area contributed by atoms with Gasteiger partial charge in [0.2, 0.25) is 0 Å². The van der Waals surface area contributed by atoms with Crippen LogP contribution in [0.3, 0.4) is 0 Å². The zero-order valence-corrected chi connectivity index (χ0v) is 33.0. The van der Waals surface area contributed by atoms with Gasteiger partial charge in [-0.05, 0) is 60.7 Å². The maximum atomic E-state index is 12.1. The quantitative estimate of drug-likeness (QED) is 0.0379. The topological polar surface area (TPSA) is 142 Å². The number of unbranched alkanes of at least 4 members (excludes halogenated alkanes) is 11. The Kier molecular flexibility index (Phi) is 42.1. The summed E-state index contributed by atoms with van der Waals surface area (Å²) in [5.41, 5.74) is 0. The number of thiol groups is 1. The van der Waals surface area contributed by atoms with Crippen LogP contribution in [0.5, 0.6) is 0 Å². The molecule has 0 aliphatic rings. The number of hydrogen-bond acceptors (Lipinski definition) is 9. The molecule has 0 amide bonds. The van der Waals surface area contributed by atoms with Crippen molar-refractivity contribution in [2.75, 3.05) is 13.2 Å². The molecule has 0 spiro atoms. The fraction of sp³-hybridized carbons (Fsp3) is 0.594. The van der Waals surface area contributed by atoms with E-state index in [-0.39, 0.29) is 83.5 Å². The van der Waals surface area contributed by atoms with Crippen molar-refractivity contribution in [1.82, 2.24) is 0 Å². The number of phosphoric acid groups is 1. The average Bonchev–Trinajstić information content (AvgIpc) is 2.93. The van der Waals surface area contributed by atoms with Gasteiger partial charge in [-0.15, -0.1) is 12.6 Å². The van der Waals surface area contributed by atoms with Crippen LogP contribution in [0, 0.1) is 59.2 Å². The molecule has 0 heterocycles. The molecular weight excluding hydrogens is 637 g/mol. The summed E-state index contributed by atoms with van der Waals surface area (Å²) in [7, 11) is -5.31. The molecule has 0 unspecified atom stereocenters. The number of hydrogen-bond donors (Lipinski definition) is 1. The van der Waals surface area contributed by atoms with Crippen molar-refractivity contribution in [1.29, 1.82) is 0 Å². The van der Waals surface area contributed by atoms with Crippen LogP contribution in [0.25, 0.3) is 0 Å². The van der Waals surface area contributed by atoms with Gasteiger partial charge in [0.05, 0.1) is 14.4 Å². The van der Waals surface area contributed by atoms with Crippen molar-refractivity contribution in [3.63, 3.8) is 0 Å². The fourth-order valence-electron chi connectivity index (χ4n) is 3.18. The molecule has 0 aliphatic carbocycles. The van der Waals surface area contributed by atoms with Crippen LogP contribution >= 0.6 is 20.5 Å². The second-order valence-electron chi connectivity index (χ2n) is 8.99. The SMILES string of the molecule is CC#CC#CC#CC#CC#CC(=O)OC[C@@H](COP(=O)([O-])[O-])OC(=O)CCCCCCCCCCCCCC.CC(=O)S.[HH].[HH].[HH].[HH].[HH].[HH].[HH].[HH].[HH].[Na+].[Na+]. The smallest absolute Gasteiger partial charge is 0.790 e. The molecule has 0 aromatic rings. The summed E-state index contributed by atoms with van der Waals surface area (Å²) in [4.78, 5) is 54.8. The fourth-order valence-corrected chi connectivity index (χ4v) is 3.53. The van der Waals surface area contributed by atoms with Gasteiger partial charge in [0, 0.05) is 32.1 Å². The molecule has 254 valence electrons. The molecule has 13 heteroatoms. The summed E-state index contributed by atoms with van der Waals surface area (Å²) in [6.07, 6.45) is 12.6. The molecule has 0 saturated heterocycles. The minimum atomic E-state index is -5.31. The Hall–Kier alpha value is -1.13. The average molecular weight is 697 g/mol. The first-order valence-corrected chi connectivity index (χ1v) is 16.1. The second kappa shape index (κ2) is 37.3. The van der Waals surface area contributed by atoms with Crippen molar-refractivity contribution in [3.8, 4) is 59.2 Å². The van der Waals surface area contributed by atoms with Crippen molar-refractivity contribution in [2.45, 2.75) is 110 Å². The molecule has 0 saturated carbocycles. The number of carbonyl (C=O) groups excluding carboxylic acids is 3. The maximum absolute atomic E-state index is 12.1. The van der Waals surface area contributed by atoms with E-state index in [9.17, 15) is 28.7 Å². The van der Waals surface area contributed by atoms with Crippen LogP contribution in [0.4, 0.5) is 0 Å². The van der Waals surface area contributed by atoms with Crippen molar-refractivity contribution in [2.24, 2.45) is 0 Å². The molecule has 9 nitrogen and oxygen atoms in total. The van der Waals surface area contributed by atoms with Gasteiger partial charge < -0.3 is 28.3 Å². The molecule has 0 aromatic heterocycles. The number of phosphoric ester groups is 1. The maximum Gasteiger partial charge on any atom is 1.00 e. The van der Waals surface area contributed by atoms with Gasteiger partial charge in [0.25, 0.3) is 0 Å². The standard InChI is InChI=1S/C30H39O8P.C2H4OS.2Na.9H2/c1-3-5-7-9-11-13-14-15-17-19-21-23-25-30(32)38-28(27-37-39(33,34)35)26-36-29(31)24-22-20-18-16-12-10-8-6-4-2;1-2(3)4;;;;;;;;;;;/h28H,3,5,7,9,11,13-15,17,19,21,23,25-27H2,1-2H3,(H2,33,34,35);1H3,(H,3,4);;;9*1H/q;;2*+1;;;;;;;;;/p-2/t28-;;;;;;;;;;;;/m0............/s1. The Morgan fingerprint density at radius 2 is 1.18 bits per heavy atom. The number of carbonyl (C=O) groups is 3. The van der Waals surface area contributed by atoms with E-state index in [1.807, 2.05) is 0 Å². The van der Waals surface area contributed by atoms with Crippen LogP contribution in [0.1, 0.15) is 117 Å². The van der Waals surface area contributed by atoms with E-state index in [2.05, 4.69) is 83.3 Å². The Morgan fingerprint density at radius 1 is 0.756 bits per heavy atom. The van der Waals surface area contributed by atoms with Gasteiger partial charge in [-0.1, -0.05) is 83.5 Å². The normalized spacial score (nSPS) is 9.56. The molecule has 0 fully saturated rings. The minimum absolute atomic E-state index is 0. The van der Waals surface area contributed by atoms with Gasteiger partial charge in [-0.2, -0.15) is 0 Å². The van der Waals surface area contributed by atoms with Crippen LogP contribution in [0.2, 0.25) is 0 Å². The van der Waals surface area contributed by atoms with E-state index in [0.29, 0.717) is 6.42 Å². The molecule has 45 heavy (non-hydrogen) atoms. The third-order valence-electron chi connectivity index (χ3n) is 5.08. The molecule has 0 radical (unpaired) electrons. The van der Waals surface area contributed by atoms with Crippen LogP contribution in [-0.2, 0) is 32.9 Å². The summed E-state index contributed by atoms with van der Waals surface area (Å²) < 4.78 is 25.0. The number of ether oxygens (including phenoxy) is 2. The van der Waals surface area contributed by atoms with E-state index in [1.54, 1.807) is 6.92 Å². The summed E-state index contributed by atoms with van der Waals surface area (Å²) >= 11 is 3.33. The molecule has 0 bridgehead atoms. The summed E-state index contributed by atoms with van der Waals surface area (Å²) in [6.45, 7) is 3.93. The van der Waals surface area contributed by atoms with Gasteiger partial charge >= 0.3 is 71.1 Å². The van der Waals surface area contributed by atoms with Crippen LogP contribution < -0.4 is 68.9 Å². The zero-order valence-electron chi connectivity index (χ0n) is 27.3. The van der Waals surface area contributed by atoms with E-state index < -0.39 is 39.1 Å². The summed E-state index contributed by atoms with van der Waals surface area (Å²) in [5, 5.41) is -0.139. The number of rotatable bonds is 19. The molecule has 0 aliphatic heterocycles. The molecule has 0 rings (SSSR count). The Labute approximate surface area is 332 Å². The first-order chi connectivity index (χ1) is 20.5. The predicted octanol–water partition coefficient (Wildman–Crippen LogP) is 0.0995. The Balaban J connectivity index is -0.0000000967. The van der Waals surface area contributed by atoms with E-state index >= 15 is 0 Å². The minimum Gasteiger partial charge on any atom is -0.790 e. The zero-order chi connectivity index (χ0) is 32.6. The number of esters is 2. The third kappa shape index (κ3) is 47.4. The van der Waals surface area contributed by atoms with Crippen LogP contribution in [0.15, 0.2) is 0 Å². The second-order valence-corrected chi connectivity index (χ2v) is 10.8. The van der Waals surface area contributed by atoms with Gasteiger partial charge in [-0.25, -0.2) is 4.79 Å². The third-order valence-corrected chi connectivity index (χ3v) is 5.54. The molecule has 0 N–H and O–H groups in total. The van der Waals surface area contributed by atoms with Crippen molar-refractivity contribution in [3.05, 3.63) is 0 Å². The molecular formula is C32H59Na2O9PS. The first kappa shape index (κ1) is 50.7. The van der Waals surface area contributed by atoms with Crippen LogP contribution in [-0.4, -0.2) is 36.4 Å². The van der Waals surface area contributed by atoms with Gasteiger partial charge in [0.1, 0.15) is 6.61 Å². The predicted molar refractivity (Wildman–Crippen MR) is 183 cm³/mol. The van der Waals surface area contributed by atoms with E-state index in [0.717, 1.165) is 19.3 Å². The Bertz CT molecular complexity index is 1220. The largest absolute Gasteiger partial charge is 1.00 e. The van der Waals surface area contributed by atoms with Crippen molar-refractivity contribution >= 4 is 37.5 Å². The van der Waals surface area contributed by atoms with Gasteiger partial charge in [-0.3, -0.25) is 9.59 Å². The van der Waals surface area contributed by atoms with E-state index in [1.165, 1.54) is 58.3 Å². The molecule has 1 atom stereocenters. The Morgan fingerprint density at radius 3 is 1.62 bits per heavy atom. The summed E-state index contributed by atoms with van der Waals surface area (Å²) in [5.74, 6) is 22.2.